The summed E-state index contributed by atoms with van der Waals surface area (Å²) in [6, 6.07) is 7.00. The molecular formula is C21H20ClF2N5O3. The predicted molar refractivity (Wildman–Crippen MR) is 116 cm³/mol. The molecule has 0 radical (unpaired) electrons. The number of nitrogens with zero attached hydrogens (tertiary/aromatic N) is 2. The molecule has 0 spiro atoms. The zero-order valence-corrected chi connectivity index (χ0v) is 18.0. The highest BCUT2D eigenvalue weighted by molar-refractivity contribution is 6.34. The quantitative estimate of drug-likeness (QED) is 0.499. The molecule has 0 aliphatic rings. The normalized spacial score (nSPS) is 10.7. The van der Waals surface area contributed by atoms with E-state index in [2.05, 4.69) is 15.6 Å². The van der Waals surface area contributed by atoms with Gasteiger partial charge in [-0.3, -0.25) is 9.59 Å². The molecule has 3 rings (SSSR count). The van der Waals surface area contributed by atoms with Gasteiger partial charge in [0.25, 0.3) is 11.8 Å². The molecule has 0 saturated heterocycles. The lowest BCUT2D eigenvalue weighted by Crippen LogP contribution is -2.29. The number of carbonyl (C=O) groups is 2. The van der Waals surface area contributed by atoms with Crippen molar-refractivity contribution in [2.45, 2.75) is 0 Å². The van der Waals surface area contributed by atoms with E-state index in [9.17, 15) is 18.4 Å². The third-order valence-electron chi connectivity index (χ3n) is 4.64. The average Bonchev–Trinajstić information content (AvgIpc) is 3.15. The third kappa shape index (κ3) is 4.56. The van der Waals surface area contributed by atoms with Crippen LogP contribution in [0.15, 0.2) is 36.5 Å². The topological polar surface area (TPSA) is 111 Å². The van der Waals surface area contributed by atoms with Crippen molar-refractivity contribution < 1.29 is 23.1 Å². The van der Waals surface area contributed by atoms with Crippen LogP contribution in [0.2, 0.25) is 5.02 Å². The highest BCUT2D eigenvalue weighted by Crippen LogP contribution is 2.30. The van der Waals surface area contributed by atoms with Crippen LogP contribution in [0.1, 0.15) is 21.0 Å². The van der Waals surface area contributed by atoms with Crippen molar-refractivity contribution in [3.8, 4) is 17.0 Å². The molecule has 4 N–H and O–H groups in total. The molecule has 0 saturated carbocycles. The van der Waals surface area contributed by atoms with Gasteiger partial charge in [0.1, 0.15) is 0 Å². The molecule has 0 atom stereocenters. The fraction of sp³-hybridized carbons (Fsp3) is 0.190. The number of imidazole rings is 1. The maximum atomic E-state index is 14.4. The standard InChI is InChI=1S/C21H20ClF2N5O3/c1-29-15(13-5-6-16(32-2)18(24)17(13)23)10-27-19(29)21(31)28-11-3-4-12(14(22)9-11)20(30)26-8-7-25/h3-6,9-10H,7-8,25H2,1-2H3,(H,26,30)(H,28,31). The molecule has 2 amide bonds. The Labute approximate surface area is 187 Å². The van der Waals surface area contributed by atoms with Crippen molar-refractivity contribution in [2.24, 2.45) is 12.8 Å². The summed E-state index contributed by atoms with van der Waals surface area (Å²) in [5, 5.41) is 5.35. The SMILES string of the molecule is COc1ccc(-c2cnc(C(=O)Nc3ccc(C(=O)NCCN)c(Cl)c3)n2C)c(F)c1F. The molecule has 2 aromatic carbocycles. The van der Waals surface area contributed by atoms with Gasteiger partial charge in [-0.1, -0.05) is 11.6 Å². The number of ether oxygens (including phenoxy) is 1. The number of amides is 2. The van der Waals surface area contributed by atoms with Crippen molar-refractivity contribution in [3.63, 3.8) is 0 Å². The largest absolute Gasteiger partial charge is 0.494 e. The van der Waals surface area contributed by atoms with Crippen molar-refractivity contribution in [1.82, 2.24) is 14.9 Å². The monoisotopic (exact) mass is 463 g/mol. The Kier molecular flexibility index (Phi) is 7.06. The maximum absolute atomic E-state index is 14.4. The minimum atomic E-state index is -1.14. The van der Waals surface area contributed by atoms with Crippen LogP contribution in [-0.2, 0) is 7.05 Å². The van der Waals surface area contributed by atoms with Crippen molar-refractivity contribution >= 4 is 29.1 Å². The van der Waals surface area contributed by atoms with Crippen LogP contribution in [0.5, 0.6) is 5.75 Å². The molecule has 3 aromatic rings. The van der Waals surface area contributed by atoms with E-state index in [4.69, 9.17) is 22.1 Å². The third-order valence-corrected chi connectivity index (χ3v) is 4.95. The molecule has 8 nitrogen and oxygen atoms in total. The lowest BCUT2D eigenvalue weighted by molar-refractivity contribution is 0.0954. The fourth-order valence-corrected chi connectivity index (χ4v) is 3.27. The Balaban J connectivity index is 1.82. The molecule has 0 aliphatic carbocycles. The van der Waals surface area contributed by atoms with E-state index < -0.39 is 17.5 Å². The number of benzene rings is 2. The fourth-order valence-electron chi connectivity index (χ4n) is 3.00. The van der Waals surface area contributed by atoms with Crippen LogP contribution >= 0.6 is 11.6 Å². The molecule has 0 bridgehead atoms. The summed E-state index contributed by atoms with van der Waals surface area (Å²) in [7, 11) is 2.73. The van der Waals surface area contributed by atoms with E-state index >= 15 is 0 Å². The van der Waals surface area contributed by atoms with E-state index in [1.807, 2.05) is 0 Å². The smallest absolute Gasteiger partial charge is 0.291 e. The van der Waals surface area contributed by atoms with Crippen LogP contribution in [0.3, 0.4) is 0 Å². The van der Waals surface area contributed by atoms with Crippen LogP contribution in [0.4, 0.5) is 14.5 Å². The molecule has 11 heteroatoms. The second kappa shape index (κ2) is 9.75. The maximum Gasteiger partial charge on any atom is 0.291 e. The lowest BCUT2D eigenvalue weighted by atomic mass is 10.1. The number of halogens is 3. The summed E-state index contributed by atoms with van der Waals surface area (Å²) in [6.07, 6.45) is 1.26. The Morgan fingerprint density at radius 3 is 2.59 bits per heavy atom. The van der Waals surface area contributed by atoms with Gasteiger partial charge in [-0.15, -0.1) is 0 Å². The molecule has 32 heavy (non-hydrogen) atoms. The van der Waals surface area contributed by atoms with Gasteiger partial charge in [-0.05, 0) is 30.3 Å². The Morgan fingerprint density at radius 2 is 1.94 bits per heavy atom. The van der Waals surface area contributed by atoms with Gasteiger partial charge in [0, 0.05) is 31.4 Å². The molecular weight excluding hydrogens is 444 g/mol. The van der Waals surface area contributed by atoms with Gasteiger partial charge < -0.3 is 25.7 Å². The first-order chi connectivity index (χ1) is 15.3. The number of hydrogen-bond acceptors (Lipinski definition) is 5. The molecule has 0 fully saturated rings. The average molecular weight is 464 g/mol. The van der Waals surface area contributed by atoms with Crippen LogP contribution in [-0.4, -0.2) is 41.6 Å². The Bertz CT molecular complexity index is 1180. The van der Waals surface area contributed by atoms with E-state index in [-0.39, 0.29) is 45.9 Å². The molecule has 168 valence electrons. The van der Waals surface area contributed by atoms with Gasteiger partial charge in [0.05, 0.1) is 29.6 Å². The highest BCUT2D eigenvalue weighted by Gasteiger charge is 2.21. The summed E-state index contributed by atoms with van der Waals surface area (Å²) in [5.41, 5.74) is 6.03. The van der Waals surface area contributed by atoms with E-state index in [1.54, 1.807) is 0 Å². The number of methoxy groups -OCH3 is 1. The lowest BCUT2D eigenvalue weighted by Gasteiger charge is -2.11. The van der Waals surface area contributed by atoms with Gasteiger partial charge in [0.2, 0.25) is 5.82 Å². The van der Waals surface area contributed by atoms with Gasteiger partial charge in [-0.2, -0.15) is 4.39 Å². The van der Waals surface area contributed by atoms with Crippen LogP contribution < -0.4 is 21.1 Å². The minimum Gasteiger partial charge on any atom is -0.494 e. The summed E-state index contributed by atoms with van der Waals surface area (Å²) in [6.45, 7) is 0.587. The summed E-state index contributed by atoms with van der Waals surface area (Å²) in [5.74, 6) is -3.53. The van der Waals surface area contributed by atoms with Crippen molar-refractivity contribution in [3.05, 3.63) is 64.6 Å². The predicted octanol–water partition coefficient (Wildman–Crippen LogP) is 2.97. The van der Waals surface area contributed by atoms with E-state index in [0.29, 0.717) is 12.2 Å². The van der Waals surface area contributed by atoms with Crippen molar-refractivity contribution in [2.75, 3.05) is 25.5 Å². The van der Waals surface area contributed by atoms with Crippen molar-refractivity contribution in [1.29, 1.82) is 0 Å². The van der Waals surface area contributed by atoms with Gasteiger partial charge >= 0.3 is 0 Å². The first-order valence-electron chi connectivity index (χ1n) is 9.41. The van der Waals surface area contributed by atoms with Crippen LogP contribution in [0, 0.1) is 11.6 Å². The van der Waals surface area contributed by atoms with E-state index in [1.165, 1.54) is 55.3 Å². The number of anilines is 1. The number of rotatable bonds is 7. The summed E-state index contributed by atoms with van der Waals surface area (Å²) in [4.78, 5) is 28.7. The molecule has 0 unspecified atom stereocenters. The first-order valence-corrected chi connectivity index (χ1v) is 9.79. The van der Waals surface area contributed by atoms with Gasteiger partial charge in [0.15, 0.2) is 17.4 Å². The number of nitrogens with two attached hydrogens (primary N) is 1. The molecule has 1 heterocycles. The highest BCUT2D eigenvalue weighted by atomic mass is 35.5. The summed E-state index contributed by atoms with van der Waals surface area (Å²) >= 11 is 6.15. The Morgan fingerprint density at radius 1 is 1.19 bits per heavy atom. The zero-order chi connectivity index (χ0) is 23.4. The second-order valence-electron chi connectivity index (χ2n) is 6.66. The summed E-state index contributed by atoms with van der Waals surface area (Å²) < 4.78 is 34.6. The van der Waals surface area contributed by atoms with E-state index in [0.717, 1.165) is 0 Å². The Hall–Kier alpha value is -3.50. The zero-order valence-electron chi connectivity index (χ0n) is 17.2. The minimum absolute atomic E-state index is 0.0449. The molecule has 1 aromatic heterocycles. The first kappa shape index (κ1) is 23.2. The van der Waals surface area contributed by atoms with Crippen LogP contribution in [0.25, 0.3) is 11.3 Å². The number of carbonyl (C=O) groups excluding carboxylic acids is 2. The number of nitrogens with one attached hydrogen (secondary N) is 2. The molecule has 0 aliphatic heterocycles. The number of aromatic nitrogens is 2. The number of hydrogen-bond donors (Lipinski definition) is 3. The second-order valence-corrected chi connectivity index (χ2v) is 7.07. The van der Waals surface area contributed by atoms with Gasteiger partial charge in [-0.25, -0.2) is 9.37 Å².